The Hall–Kier alpha value is -0.770. The maximum Gasteiger partial charge on any atom is 0.119 e. The van der Waals surface area contributed by atoms with Gasteiger partial charge in [-0.2, -0.15) is 0 Å². The largest absolute Gasteiger partial charge is 0.491 e. The third kappa shape index (κ3) is 3.87. The van der Waals surface area contributed by atoms with Crippen LogP contribution >= 0.6 is 11.6 Å². The third-order valence-corrected chi connectivity index (χ3v) is 3.66. The summed E-state index contributed by atoms with van der Waals surface area (Å²) in [4.78, 5) is 2.28. The molecule has 0 radical (unpaired) electrons. The molecule has 100 valence electrons. The Labute approximate surface area is 113 Å². The van der Waals surface area contributed by atoms with Crippen molar-refractivity contribution in [1.82, 2.24) is 4.90 Å². The molecule has 1 aromatic rings. The average Bonchev–Trinajstić information content (AvgIpc) is 2.83. The highest BCUT2D eigenvalue weighted by Gasteiger charge is 2.16. The highest BCUT2D eigenvalue weighted by molar-refractivity contribution is 6.31. The normalized spacial score (nSPS) is 17.9. The number of aryl methyl sites for hydroxylation is 1. The maximum absolute atomic E-state index is 9.90. The second-order valence-electron chi connectivity index (χ2n) is 4.88. The molecule has 0 saturated carbocycles. The van der Waals surface area contributed by atoms with Gasteiger partial charge in [0.05, 0.1) is 0 Å². The van der Waals surface area contributed by atoms with Crippen LogP contribution in [-0.2, 0) is 0 Å². The zero-order valence-electron chi connectivity index (χ0n) is 10.7. The molecule has 1 heterocycles. The Morgan fingerprint density at radius 3 is 2.78 bits per heavy atom. The fourth-order valence-electron chi connectivity index (χ4n) is 2.22. The van der Waals surface area contributed by atoms with Gasteiger partial charge < -0.3 is 14.7 Å². The number of aliphatic hydroxyl groups is 1. The van der Waals surface area contributed by atoms with Crippen molar-refractivity contribution in [2.75, 3.05) is 26.2 Å². The number of ether oxygens (including phenoxy) is 1. The van der Waals surface area contributed by atoms with E-state index in [1.165, 1.54) is 12.8 Å². The van der Waals surface area contributed by atoms with Gasteiger partial charge in [0, 0.05) is 11.6 Å². The lowest BCUT2D eigenvalue weighted by Gasteiger charge is -2.19. The Morgan fingerprint density at radius 2 is 2.11 bits per heavy atom. The first-order chi connectivity index (χ1) is 8.65. The summed E-state index contributed by atoms with van der Waals surface area (Å²) in [5.41, 5.74) is 0.989. The van der Waals surface area contributed by atoms with Crippen LogP contribution in [0.4, 0.5) is 0 Å². The summed E-state index contributed by atoms with van der Waals surface area (Å²) < 4.78 is 5.58. The number of β-amino-alcohol motifs (C(OH)–C–C–N with tert-alkyl or cyclic N) is 1. The van der Waals surface area contributed by atoms with E-state index in [1.807, 2.05) is 25.1 Å². The molecule has 18 heavy (non-hydrogen) atoms. The molecular weight excluding hydrogens is 250 g/mol. The maximum atomic E-state index is 9.90. The first-order valence-corrected chi connectivity index (χ1v) is 6.82. The zero-order chi connectivity index (χ0) is 13.0. The number of rotatable bonds is 5. The Kier molecular flexibility index (Phi) is 4.87. The summed E-state index contributed by atoms with van der Waals surface area (Å²) in [6.45, 7) is 5.16. The standard InChI is InChI=1S/C14H20ClNO2/c1-11-8-13(4-5-14(11)15)18-10-12(17)9-16-6-2-3-7-16/h4-5,8,12,17H,2-3,6-7,9-10H2,1H3/t12-/m1/s1. The van der Waals surface area contributed by atoms with Gasteiger partial charge in [-0.1, -0.05) is 11.6 Å². The minimum Gasteiger partial charge on any atom is -0.491 e. The molecular formula is C14H20ClNO2. The van der Waals surface area contributed by atoms with Crippen LogP contribution in [0, 0.1) is 6.92 Å². The molecule has 1 N–H and O–H groups in total. The van der Waals surface area contributed by atoms with Crippen molar-refractivity contribution in [3.05, 3.63) is 28.8 Å². The molecule has 0 aromatic heterocycles. The Morgan fingerprint density at radius 1 is 1.39 bits per heavy atom. The van der Waals surface area contributed by atoms with E-state index >= 15 is 0 Å². The van der Waals surface area contributed by atoms with Gasteiger partial charge in [-0.3, -0.25) is 0 Å². The summed E-state index contributed by atoms with van der Waals surface area (Å²) in [6, 6.07) is 5.54. The van der Waals surface area contributed by atoms with Crippen molar-refractivity contribution < 1.29 is 9.84 Å². The number of nitrogens with zero attached hydrogens (tertiary/aromatic N) is 1. The first kappa shape index (κ1) is 13.7. The third-order valence-electron chi connectivity index (χ3n) is 3.24. The minimum atomic E-state index is -0.431. The van der Waals surface area contributed by atoms with Crippen LogP contribution in [0.5, 0.6) is 5.75 Å². The number of likely N-dealkylation sites (tertiary alicyclic amines) is 1. The van der Waals surface area contributed by atoms with Gasteiger partial charge in [-0.25, -0.2) is 0 Å². The molecule has 1 atom stereocenters. The molecule has 0 unspecified atom stereocenters. The number of hydrogen-bond donors (Lipinski definition) is 1. The van der Waals surface area contributed by atoms with E-state index in [4.69, 9.17) is 16.3 Å². The van der Waals surface area contributed by atoms with Gasteiger partial charge in [0.1, 0.15) is 18.5 Å². The van der Waals surface area contributed by atoms with Crippen LogP contribution in [-0.4, -0.2) is 42.4 Å². The lowest BCUT2D eigenvalue weighted by atomic mass is 10.2. The van der Waals surface area contributed by atoms with Crippen LogP contribution in [0.2, 0.25) is 5.02 Å². The SMILES string of the molecule is Cc1cc(OC[C@H](O)CN2CCCC2)ccc1Cl. The van der Waals surface area contributed by atoms with E-state index in [1.54, 1.807) is 0 Å². The quantitative estimate of drug-likeness (QED) is 0.891. The monoisotopic (exact) mass is 269 g/mol. The predicted molar refractivity (Wildman–Crippen MR) is 73.4 cm³/mol. The summed E-state index contributed by atoms with van der Waals surface area (Å²) in [6.07, 6.45) is 2.05. The molecule has 2 rings (SSSR count). The zero-order valence-corrected chi connectivity index (χ0v) is 11.5. The van der Waals surface area contributed by atoms with Crippen molar-refractivity contribution >= 4 is 11.6 Å². The summed E-state index contributed by atoms with van der Waals surface area (Å²) >= 11 is 5.95. The van der Waals surface area contributed by atoms with Gasteiger partial charge in [-0.05, 0) is 56.6 Å². The summed E-state index contributed by atoms with van der Waals surface area (Å²) in [5, 5.41) is 10.6. The molecule has 0 spiro atoms. The van der Waals surface area contributed by atoms with Crippen molar-refractivity contribution in [3.63, 3.8) is 0 Å². The predicted octanol–water partition coefficient (Wildman–Crippen LogP) is 2.48. The van der Waals surface area contributed by atoms with E-state index in [9.17, 15) is 5.11 Å². The second-order valence-corrected chi connectivity index (χ2v) is 5.29. The van der Waals surface area contributed by atoms with E-state index < -0.39 is 6.10 Å². The van der Waals surface area contributed by atoms with Crippen molar-refractivity contribution in [2.45, 2.75) is 25.9 Å². The number of benzene rings is 1. The fourth-order valence-corrected chi connectivity index (χ4v) is 2.33. The van der Waals surface area contributed by atoms with Crippen LogP contribution in [0.3, 0.4) is 0 Å². The number of aliphatic hydroxyl groups excluding tert-OH is 1. The summed E-state index contributed by atoms with van der Waals surface area (Å²) in [5.74, 6) is 0.761. The minimum absolute atomic E-state index is 0.331. The molecule has 4 heteroatoms. The van der Waals surface area contributed by atoms with Crippen molar-refractivity contribution in [3.8, 4) is 5.75 Å². The smallest absolute Gasteiger partial charge is 0.119 e. The lowest BCUT2D eigenvalue weighted by molar-refractivity contribution is 0.0758. The highest BCUT2D eigenvalue weighted by Crippen LogP contribution is 2.21. The average molecular weight is 270 g/mol. The van der Waals surface area contributed by atoms with Gasteiger partial charge in [0.25, 0.3) is 0 Å². The van der Waals surface area contributed by atoms with Gasteiger partial charge >= 0.3 is 0 Å². The topological polar surface area (TPSA) is 32.7 Å². The molecule has 1 fully saturated rings. The second kappa shape index (κ2) is 6.41. The Bertz CT molecular complexity index is 391. The van der Waals surface area contributed by atoms with E-state index in [0.717, 1.165) is 29.4 Å². The van der Waals surface area contributed by atoms with E-state index in [-0.39, 0.29) is 0 Å². The van der Waals surface area contributed by atoms with Crippen LogP contribution in [0.25, 0.3) is 0 Å². The molecule has 0 amide bonds. The number of halogens is 1. The molecule has 1 aliphatic rings. The lowest BCUT2D eigenvalue weighted by Crippen LogP contribution is -2.33. The van der Waals surface area contributed by atoms with Crippen LogP contribution in [0.1, 0.15) is 18.4 Å². The molecule has 3 nitrogen and oxygen atoms in total. The summed E-state index contributed by atoms with van der Waals surface area (Å²) in [7, 11) is 0. The van der Waals surface area contributed by atoms with Crippen molar-refractivity contribution in [2.24, 2.45) is 0 Å². The van der Waals surface area contributed by atoms with E-state index in [0.29, 0.717) is 13.2 Å². The molecule has 1 aromatic carbocycles. The molecule has 1 saturated heterocycles. The molecule has 0 bridgehead atoms. The van der Waals surface area contributed by atoms with Gasteiger partial charge in [0.2, 0.25) is 0 Å². The number of hydrogen-bond acceptors (Lipinski definition) is 3. The van der Waals surface area contributed by atoms with Crippen LogP contribution in [0.15, 0.2) is 18.2 Å². The van der Waals surface area contributed by atoms with Gasteiger partial charge in [-0.15, -0.1) is 0 Å². The van der Waals surface area contributed by atoms with Crippen LogP contribution < -0.4 is 4.74 Å². The van der Waals surface area contributed by atoms with Gasteiger partial charge in [0.15, 0.2) is 0 Å². The Balaban J connectivity index is 1.77. The highest BCUT2D eigenvalue weighted by atomic mass is 35.5. The molecule has 1 aliphatic heterocycles. The van der Waals surface area contributed by atoms with Crippen molar-refractivity contribution in [1.29, 1.82) is 0 Å². The fraction of sp³-hybridized carbons (Fsp3) is 0.571. The van der Waals surface area contributed by atoms with E-state index in [2.05, 4.69) is 4.90 Å². The molecule has 0 aliphatic carbocycles. The first-order valence-electron chi connectivity index (χ1n) is 6.44.